The van der Waals surface area contributed by atoms with Gasteiger partial charge in [-0.25, -0.2) is 0 Å². The van der Waals surface area contributed by atoms with E-state index in [1.165, 1.54) is 5.56 Å². The lowest BCUT2D eigenvalue weighted by Gasteiger charge is -2.13. The Hall–Kier alpha value is -2.04. The van der Waals surface area contributed by atoms with Gasteiger partial charge >= 0.3 is 5.97 Å². The summed E-state index contributed by atoms with van der Waals surface area (Å²) in [6, 6.07) is 7.86. The van der Waals surface area contributed by atoms with E-state index < -0.39 is 11.9 Å². The highest BCUT2D eigenvalue weighted by Gasteiger charge is 2.48. The number of ether oxygens (including phenoxy) is 1. The minimum atomic E-state index is -0.874. The maximum Gasteiger partial charge on any atom is 0.307 e. The molecule has 1 amide bonds. The van der Waals surface area contributed by atoms with Crippen LogP contribution in [0.5, 0.6) is 5.75 Å². The van der Waals surface area contributed by atoms with Crippen molar-refractivity contribution in [2.45, 2.75) is 19.8 Å². The predicted octanol–water partition coefficient (Wildman–Crippen LogP) is 1.71. The van der Waals surface area contributed by atoms with Crippen LogP contribution in [-0.4, -0.2) is 30.6 Å². The van der Waals surface area contributed by atoms with Gasteiger partial charge < -0.3 is 15.2 Å². The van der Waals surface area contributed by atoms with E-state index in [1.54, 1.807) is 7.11 Å². The molecule has 0 aliphatic heterocycles. The number of benzene rings is 1. The first-order chi connectivity index (χ1) is 10.0. The number of carbonyl (C=O) groups is 2. The summed E-state index contributed by atoms with van der Waals surface area (Å²) in [4.78, 5) is 22.5. The van der Waals surface area contributed by atoms with Crippen LogP contribution >= 0.6 is 0 Å². The molecule has 0 aromatic heterocycles. The monoisotopic (exact) mass is 291 g/mol. The lowest BCUT2D eigenvalue weighted by atomic mass is 10.0. The lowest BCUT2D eigenvalue weighted by Crippen LogP contribution is -2.31. The maximum absolute atomic E-state index is 11.8. The fourth-order valence-corrected chi connectivity index (χ4v) is 2.40. The summed E-state index contributed by atoms with van der Waals surface area (Å²) in [5.74, 6) is -0.708. The van der Waals surface area contributed by atoms with Gasteiger partial charge in [-0.05, 0) is 36.5 Å². The van der Waals surface area contributed by atoms with E-state index in [0.29, 0.717) is 18.9 Å². The number of methoxy groups -OCH3 is 1. The van der Waals surface area contributed by atoms with E-state index in [9.17, 15) is 9.59 Å². The Morgan fingerprint density at radius 1 is 1.33 bits per heavy atom. The molecular weight excluding hydrogens is 270 g/mol. The Kier molecular flexibility index (Phi) is 4.83. The third-order valence-corrected chi connectivity index (χ3v) is 3.81. The summed E-state index contributed by atoms with van der Waals surface area (Å²) in [7, 11) is 1.63. The van der Waals surface area contributed by atoms with Gasteiger partial charge in [-0.3, -0.25) is 9.59 Å². The number of aliphatic carboxylic acids is 1. The van der Waals surface area contributed by atoms with Crippen LogP contribution in [0, 0.1) is 17.8 Å². The van der Waals surface area contributed by atoms with Crippen molar-refractivity contribution >= 4 is 11.9 Å². The predicted molar refractivity (Wildman–Crippen MR) is 78.1 cm³/mol. The quantitative estimate of drug-likeness (QED) is 0.802. The van der Waals surface area contributed by atoms with Crippen LogP contribution in [0.3, 0.4) is 0 Å². The summed E-state index contributed by atoms with van der Waals surface area (Å²) in [5.41, 5.74) is 1.19. The number of nitrogens with one attached hydrogen (secondary N) is 1. The molecule has 5 nitrogen and oxygen atoms in total. The molecule has 114 valence electrons. The van der Waals surface area contributed by atoms with Gasteiger partial charge in [0.05, 0.1) is 18.9 Å². The van der Waals surface area contributed by atoms with Crippen molar-refractivity contribution in [3.05, 3.63) is 29.8 Å². The summed E-state index contributed by atoms with van der Waals surface area (Å²) in [5, 5.41) is 11.6. The van der Waals surface area contributed by atoms with Crippen LogP contribution in [0.25, 0.3) is 0 Å². The minimum absolute atomic E-state index is 0.135. The second-order valence-corrected chi connectivity index (χ2v) is 5.69. The Morgan fingerprint density at radius 2 is 2.00 bits per heavy atom. The highest BCUT2D eigenvalue weighted by molar-refractivity contribution is 5.89. The van der Waals surface area contributed by atoms with Crippen LogP contribution in [0.15, 0.2) is 24.3 Å². The van der Waals surface area contributed by atoms with Crippen LogP contribution in [0.2, 0.25) is 0 Å². The second-order valence-electron chi connectivity index (χ2n) is 5.69. The molecule has 3 atom stereocenters. The summed E-state index contributed by atoms with van der Waals surface area (Å²) < 4.78 is 5.11. The van der Waals surface area contributed by atoms with Gasteiger partial charge in [0.2, 0.25) is 5.91 Å². The fourth-order valence-electron chi connectivity index (χ4n) is 2.40. The van der Waals surface area contributed by atoms with Crippen molar-refractivity contribution in [2.75, 3.05) is 13.7 Å². The summed E-state index contributed by atoms with van der Waals surface area (Å²) in [6.07, 6.45) is 1.32. The van der Waals surface area contributed by atoms with Crippen LogP contribution in [0.4, 0.5) is 0 Å². The molecular formula is C16H21NO4. The number of rotatable bonds is 7. The summed E-state index contributed by atoms with van der Waals surface area (Å²) in [6.45, 7) is 2.62. The molecule has 1 aliphatic rings. The number of amides is 1. The first-order valence-electron chi connectivity index (χ1n) is 7.14. The zero-order valence-electron chi connectivity index (χ0n) is 12.3. The van der Waals surface area contributed by atoms with Crippen LogP contribution in [0.1, 0.15) is 18.9 Å². The van der Waals surface area contributed by atoms with Gasteiger partial charge in [0, 0.05) is 6.54 Å². The number of hydrogen-bond acceptors (Lipinski definition) is 3. The van der Waals surface area contributed by atoms with Crippen molar-refractivity contribution in [3.8, 4) is 5.75 Å². The molecule has 5 heteroatoms. The second kappa shape index (κ2) is 6.61. The van der Waals surface area contributed by atoms with Crippen LogP contribution < -0.4 is 10.1 Å². The molecule has 0 heterocycles. The standard InChI is InChI=1S/C16H21NO4/c1-10(7-11-3-5-12(21-2)6-4-11)9-17-15(18)13-8-14(13)16(19)20/h3-6,10,13-14H,7-9H2,1-2H3,(H,17,18)(H,19,20). The number of carbonyl (C=O) groups excluding carboxylic acids is 1. The molecule has 1 aliphatic carbocycles. The molecule has 2 rings (SSSR count). The van der Waals surface area contributed by atoms with Gasteiger partial charge in [-0.2, -0.15) is 0 Å². The number of hydrogen-bond donors (Lipinski definition) is 2. The van der Waals surface area contributed by atoms with E-state index in [2.05, 4.69) is 12.2 Å². The van der Waals surface area contributed by atoms with Crippen molar-refractivity contribution < 1.29 is 19.4 Å². The Morgan fingerprint density at radius 3 is 2.52 bits per heavy atom. The zero-order valence-corrected chi connectivity index (χ0v) is 12.3. The van der Waals surface area contributed by atoms with Crippen LogP contribution in [-0.2, 0) is 16.0 Å². The van der Waals surface area contributed by atoms with E-state index in [4.69, 9.17) is 9.84 Å². The smallest absolute Gasteiger partial charge is 0.307 e. The van der Waals surface area contributed by atoms with Crippen molar-refractivity contribution in [1.82, 2.24) is 5.32 Å². The third-order valence-electron chi connectivity index (χ3n) is 3.81. The van der Waals surface area contributed by atoms with Gasteiger partial charge in [0.25, 0.3) is 0 Å². The topological polar surface area (TPSA) is 75.6 Å². The molecule has 21 heavy (non-hydrogen) atoms. The molecule has 0 bridgehead atoms. The molecule has 0 radical (unpaired) electrons. The largest absolute Gasteiger partial charge is 0.497 e. The van der Waals surface area contributed by atoms with E-state index in [-0.39, 0.29) is 11.8 Å². The SMILES string of the molecule is COc1ccc(CC(C)CNC(=O)C2CC2C(=O)O)cc1. The normalized spacial score (nSPS) is 21.4. The number of carboxylic acids is 1. The van der Waals surface area contributed by atoms with Crippen molar-refractivity contribution in [2.24, 2.45) is 17.8 Å². The van der Waals surface area contributed by atoms with Crippen molar-refractivity contribution in [1.29, 1.82) is 0 Å². The fraction of sp³-hybridized carbons (Fsp3) is 0.500. The molecule has 3 unspecified atom stereocenters. The molecule has 1 aromatic rings. The molecule has 0 spiro atoms. The summed E-state index contributed by atoms with van der Waals surface area (Å²) >= 11 is 0. The Balaban J connectivity index is 1.73. The third kappa shape index (κ3) is 4.21. The average Bonchev–Trinajstić information content (AvgIpc) is 3.26. The average molecular weight is 291 g/mol. The first kappa shape index (κ1) is 15.4. The minimum Gasteiger partial charge on any atom is -0.497 e. The van der Waals surface area contributed by atoms with E-state index in [0.717, 1.165) is 12.2 Å². The Bertz CT molecular complexity index is 512. The van der Waals surface area contributed by atoms with Gasteiger partial charge in [0.15, 0.2) is 0 Å². The van der Waals surface area contributed by atoms with Gasteiger partial charge in [0.1, 0.15) is 5.75 Å². The maximum atomic E-state index is 11.8. The first-order valence-corrected chi connectivity index (χ1v) is 7.14. The Labute approximate surface area is 124 Å². The van der Waals surface area contributed by atoms with Gasteiger partial charge in [-0.1, -0.05) is 19.1 Å². The molecule has 1 saturated carbocycles. The highest BCUT2D eigenvalue weighted by Crippen LogP contribution is 2.38. The lowest BCUT2D eigenvalue weighted by molar-refractivity contribution is -0.140. The van der Waals surface area contributed by atoms with Crippen molar-refractivity contribution in [3.63, 3.8) is 0 Å². The highest BCUT2D eigenvalue weighted by atomic mass is 16.5. The zero-order chi connectivity index (χ0) is 15.4. The van der Waals surface area contributed by atoms with Gasteiger partial charge in [-0.15, -0.1) is 0 Å². The van der Waals surface area contributed by atoms with E-state index >= 15 is 0 Å². The molecule has 1 aromatic carbocycles. The van der Waals surface area contributed by atoms with E-state index in [1.807, 2.05) is 24.3 Å². The molecule has 2 N–H and O–H groups in total. The number of carboxylic acid groups (broad SMARTS) is 1. The molecule has 0 saturated heterocycles. The molecule has 1 fully saturated rings.